The summed E-state index contributed by atoms with van der Waals surface area (Å²) >= 11 is 0. The van der Waals surface area contributed by atoms with Gasteiger partial charge in [0.05, 0.1) is 19.0 Å². The summed E-state index contributed by atoms with van der Waals surface area (Å²) in [6.45, 7) is 6.56. The van der Waals surface area contributed by atoms with Gasteiger partial charge in [-0.3, -0.25) is 9.59 Å². The maximum atomic E-state index is 12.4. The normalized spacial score (nSPS) is 20.3. The Morgan fingerprint density at radius 2 is 2.22 bits per heavy atom. The quantitative estimate of drug-likeness (QED) is 0.795. The molecule has 0 aliphatic carbocycles. The summed E-state index contributed by atoms with van der Waals surface area (Å²) in [6.07, 6.45) is 1.40. The molecule has 0 saturated carbocycles. The van der Waals surface area contributed by atoms with Crippen LogP contribution in [-0.4, -0.2) is 62.1 Å². The summed E-state index contributed by atoms with van der Waals surface area (Å²) in [6, 6.07) is 2.58. The van der Waals surface area contributed by atoms with Gasteiger partial charge in [0.25, 0.3) is 5.91 Å². The maximum Gasteiger partial charge on any atom is 0.287 e. The molecule has 0 unspecified atom stereocenters. The molecule has 1 fully saturated rings. The third-order valence-electron chi connectivity index (χ3n) is 3.83. The Kier molecular flexibility index (Phi) is 6.18. The van der Waals surface area contributed by atoms with Crippen LogP contribution in [0.5, 0.6) is 0 Å². The van der Waals surface area contributed by atoms with E-state index in [1.165, 1.54) is 6.26 Å². The van der Waals surface area contributed by atoms with Crippen LogP contribution in [0, 0.1) is 5.92 Å². The lowest BCUT2D eigenvalue weighted by atomic mass is 10.0. The number of nitrogens with one attached hydrogen (secondary N) is 2. The second kappa shape index (κ2) is 8.12. The van der Waals surface area contributed by atoms with Gasteiger partial charge in [0, 0.05) is 19.6 Å². The van der Waals surface area contributed by atoms with Crippen LogP contribution in [0.2, 0.25) is 0 Å². The zero-order chi connectivity index (χ0) is 16.8. The number of morpholine rings is 1. The largest absolute Gasteiger partial charge is 0.459 e. The second-order valence-electron chi connectivity index (χ2n) is 6.17. The molecule has 0 aromatic carbocycles. The van der Waals surface area contributed by atoms with Gasteiger partial charge in [-0.2, -0.15) is 0 Å². The van der Waals surface area contributed by atoms with Gasteiger partial charge in [0.1, 0.15) is 6.04 Å². The van der Waals surface area contributed by atoms with Gasteiger partial charge < -0.3 is 24.7 Å². The fraction of sp³-hybridized carbons (Fsp3) is 0.625. The summed E-state index contributed by atoms with van der Waals surface area (Å²) in [5, 5.41) is 5.59. The number of rotatable bonds is 6. The van der Waals surface area contributed by atoms with Crippen molar-refractivity contribution < 1.29 is 18.7 Å². The predicted octanol–water partition coefficient (Wildman–Crippen LogP) is 0.481. The van der Waals surface area contributed by atoms with Gasteiger partial charge >= 0.3 is 0 Å². The number of carbonyl (C=O) groups is 2. The zero-order valence-corrected chi connectivity index (χ0v) is 13.9. The molecule has 128 valence electrons. The SMILES string of the molecule is CC(C)[C@H](NC(=O)c1ccco1)C(=O)NC[C@H]1CN(C)CCO1. The number of ether oxygens (including phenoxy) is 1. The van der Waals surface area contributed by atoms with Crippen molar-refractivity contribution in [3.63, 3.8) is 0 Å². The smallest absolute Gasteiger partial charge is 0.287 e. The molecule has 2 N–H and O–H groups in total. The molecule has 1 aliphatic rings. The molecule has 1 aliphatic heterocycles. The monoisotopic (exact) mass is 323 g/mol. The van der Waals surface area contributed by atoms with Crippen LogP contribution in [0.3, 0.4) is 0 Å². The van der Waals surface area contributed by atoms with Gasteiger partial charge in [0.15, 0.2) is 5.76 Å². The number of hydrogen-bond donors (Lipinski definition) is 2. The van der Waals surface area contributed by atoms with E-state index in [1.807, 2.05) is 20.9 Å². The molecular formula is C16H25N3O4. The van der Waals surface area contributed by atoms with Crippen molar-refractivity contribution in [2.75, 3.05) is 33.3 Å². The Morgan fingerprint density at radius 1 is 1.43 bits per heavy atom. The fourth-order valence-electron chi connectivity index (χ4n) is 2.47. The number of likely N-dealkylation sites (N-methyl/N-ethyl adjacent to an activating group) is 1. The first-order valence-corrected chi connectivity index (χ1v) is 7.89. The minimum atomic E-state index is -0.617. The molecule has 2 rings (SSSR count). The average molecular weight is 323 g/mol. The second-order valence-corrected chi connectivity index (χ2v) is 6.17. The number of furan rings is 1. The number of amides is 2. The highest BCUT2D eigenvalue weighted by Crippen LogP contribution is 2.07. The van der Waals surface area contributed by atoms with E-state index in [0.717, 1.165) is 13.1 Å². The van der Waals surface area contributed by atoms with Crippen LogP contribution >= 0.6 is 0 Å². The Balaban J connectivity index is 1.86. The van der Waals surface area contributed by atoms with Crippen molar-refractivity contribution in [3.8, 4) is 0 Å². The maximum absolute atomic E-state index is 12.4. The van der Waals surface area contributed by atoms with E-state index in [2.05, 4.69) is 15.5 Å². The lowest BCUT2D eigenvalue weighted by Gasteiger charge is -2.30. The van der Waals surface area contributed by atoms with Crippen molar-refractivity contribution in [1.29, 1.82) is 0 Å². The fourth-order valence-corrected chi connectivity index (χ4v) is 2.47. The molecule has 0 spiro atoms. The first kappa shape index (κ1) is 17.5. The minimum Gasteiger partial charge on any atom is -0.459 e. The van der Waals surface area contributed by atoms with E-state index in [9.17, 15) is 9.59 Å². The summed E-state index contributed by atoms with van der Waals surface area (Å²) in [5.74, 6) is -0.446. The molecule has 2 heterocycles. The van der Waals surface area contributed by atoms with Gasteiger partial charge in [-0.05, 0) is 25.1 Å². The molecule has 0 radical (unpaired) electrons. The predicted molar refractivity (Wildman–Crippen MR) is 85.0 cm³/mol. The molecule has 1 aromatic rings. The van der Waals surface area contributed by atoms with Crippen molar-refractivity contribution in [1.82, 2.24) is 15.5 Å². The van der Waals surface area contributed by atoms with Crippen LogP contribution in [0.15, 0.2) is 22.8 Å². The van der Waals surface area contributed by atoms with Crippen molar-refractivity contribution in [2.45, 2.75) is 26.0 Å². The minimum absolute atomic E-state index is 0.0220. The highest BCUT2D eigenvalue weighted by molar-refractivity contribution is 5.95. The van der Waals surface area contributed by atoms with Crippen molar-refractivity contribution >= 4 is 11.8 Å². The van der Waals surface area contributed by atoms with E-state index < -0.39 is 11.9 Å². The molecule has 23 heavy (non-hydrogen) atoms. The van der Waals surface area contributed by atoms with Gasteiger partial charge in [0.2, 0.25) is 5.91 Å². The van der Waals surface area contributed by atoms with Crippen molar-refractivity contribution in [2.24, 2.45) is 5.92 Å². The zero-order valence-electron chi connectivity index (χ0n) is 13.9. The third kappa shape index (κ3) is 5.07. The molecule has 7 nitrogen and oxygen atoms in total. The van der Waals surface area contributed by atoms with Crippen LogP contribution in [0.1, 0.15) is 24.4 Å². The lowest BCUT2D eigenvalue weighted by Crippen LogP contribution is -2.53. The topological polar surface area (TPSA) is 83.8 Å². The van der Waals surface area contributed by atoms with E-state index >= 15 is 0 Å². The van der Waals surface area contributed by atoms with E-state index in [4.69, 9.17) is 9.15 Å². The van der Waals surface area contributed by atoms with E-state index in [0.29, 0.717) is 13.2 Å². The Hall–Kier alpha value is -1.86. The number of nitrogens with zero attached hydrogens (tertiary/aromatic N) is 1. The summed E-state index contributed by atoms with van der Waals surface area (Å²) in [4.78, 5) is 26.6. The first-order chi connectivity index (χ1) is 11.0. The highest BCUT2D eigenvalue weighted by atomic mass is 16.5. The summed E-state index contributed by atoms with van der Waals surface area (Å²) in [5.41, 5.74) is 0. The molecule has 1 aromatic heterocycles. The molecule has 2 atom stereocenters. The Labute approximate surface area is 136 Å². The summed E-state index contributed by atoms with van der Waals surface area (Å²) in [7, 11) is 2.03. The van der Waals surface area contributed by atoms with Crippen LogP contribution in [0.25, 0.3) is 0 Å². The van der Waals surface area contributed by atoms with Gasteiger partial charge in [-0.15, -0.1) is 0 Å². The Morgan fingerprint density at radius 3 is 2.83 bits per heavy atom. The van der Waals surface area contributed by atoms with Gasteiger partial charge in [-0.25, -0.2) is 0 Å². The van der Waals surface area contributed by atoms with Crippen LogP contribution < -0.4 is 10.6 Å². The molecule has 0 bridgehead atoms. The standard InChI is InChI=1S/C16H25N3O4/c1-11(2)14(18-15(20)13-5-4-7-23-13)16(21)17-9-12-10-19(3)6-8-22-12/h4-5,7,11-12,14H,6,8-10H2,1-3H3,(H,17,21)(H,18,20)/t12-,14-/m0/s1. The number of carbonyl (C=O) groups excluding carboxylic acids is 2. The highest BCUT2D eigenvalue weighted by Gasteiger charge is 2.26. The molecular weight excluding hydrogens is 298 g/mol. The molecule has 1 saturated heterocycles. The molecule has 2 amide bonds. The van der Waals surface area contributed by atoms with Crippen LogP contribution in [0.4, 0.5) is 0 Å². The van der Waals surface area contributed by atoms with Gasteiger partial charge in [-0.1, -0.05) is 13.8 Å². The summed E-state index contributed by atoms with van der Waals surface area (Å²) < 4.78 is 10.7. The van der Waals surface area contributed by atoms with E-state index in [-0.39, 0.29) is 23.7 Å². The van der Waals surface area contributed by atoms with Crippen LogP contribution in [-0.2, 0) is 9.53 Å². The molecule has 7 heteroatoms. The third-order valence-corrected chi connectivity index (χ3v) is 3.83. The lowest BCUT2D eigenvalue weighted by molar-refractivity contribution is -0.125. The van der Waals surface area contributed by atoms with Crippen molar-refractivity contribution in [3.05, 3.63) is 24.2 Å². The van der Waals surface area contributed by atoms with E-state index in [1.54, 1.807) is 12.1 Å². The Bertz CT molecular complexity index is 515. The first-order valence-electron chi connectivity index (χ1n) is 7.89. The average Bonchev–Trinajstić information content (AvgIpc) is 3.04. The number of hydrogen-bond acceptors (Lipinski definition) is 5.